The minimum absolute atomic E-state index is 0.0204. The quantitative estimate of drug-likeness (QED) is 0.916. The van der Waals surface area contributed by atoms with Gasteiger partial charge < -0.3 is 10.2 Å². The van der Waals surface area contributed by atoms with Gasteiger partial charge in [-0.2, -0.15) is 0 Å². The first-order chi connectivity index (χ1) is 12.1. The third-order valence-electron chi connectivity index (χ3n) is 4.41. The zero-order valence-corrected chi connectivity index (χ0v) is 14.4. The lowest BCUT2D eigenvalue weighted by atomic mass is 10.1. The molecule has 0 radical (unpaired) electrons. The van der Waals surface area contributed by atoms with E-state index in [2.05, 4.69) is 5.32 Å². The van der Waals surface area contributed by atoms with E-state index in [1.807, 2.05) is 30.3 Å². The van der Waals surface area contributed by atoms with Crippen LogP contribution in [-0.2, 0) is 22.1 Å². The van der Waals surface area contributed by atoms with E-state index in [0.29, 0.717) is 22.7 Å². The van der Waals surface area contributed by atoms with Crippen molar-refractivity contribution in [3.05, 3.63) is 59.7 Å². The van der Waals surface area contributed by atoms with Crippen LogP contribution in [0.5, 0.6) is 0 Å². The number of anilines is 1. The maximum atomic E-state index is 12.5. The van der Waals surface area contributed by atoms with Gasteiger partial charge in [0.25, 0.3) is 5.91 Å². The summed E-state index contributed by atoms with van der Waals surface area (Å²) in [5, 5.41) is 2.95. The van der Waals surface area contributed by atoms with E-state index in [0.717, 1.165) is 18.4 Å². The number of fused-ring (bicyclic) bond motifs is 1. The maximum Gasteiger partial charge on any atom is 0.251 e. The molecular weight excluding hydrogens is 336 g/mol. The molecule has 6 heteroatoms. The van der Waals surface area contributed by atoms with Crippen molar-refractivity contribution in [2.24, 2.45) is 0 Å². The molecule has 1 N–H and O–H groups in total. The van der Waals surface area contributed by atoms with Crippen molar-refractivity contribution in [2.75, 3.05) is 10.7 Å². The van der Waals surface area contributed by atoms with Crippen molar-refractivity contribution in [1.29, 1.82) is 0 Å². The van der Waals surface area contributed by atoms with E-state index in [1.165, 1.54) is 0 Å². The normalized spacial score (nSPS) is 19.4. The van der Waals surface area contributed by atoms with Crippen molar-refractivity contribution in [1.82, 2.24) is 5.32 Å². The Morgan fingerprint density at radius 3 is 2.64 bits per heavy atom. The van der Waals surface area contributed by atoms with Gasteiger partial charge in [-0.1, -0.05) is 30.3 Å². The number of rotatable bonds is 4. The molecule has 1 atom stereocenters. The zero-order chi connectivity index (χ0) is 17.4. The molecule has 2 aromatic rings. The van der Waals surface area contributed by atoms with Gasteiger partial charge in [0.15, 0.2) is 0 Å². The number of nitrogens with one attached hydrogen (secondary N) is 1. The monoisotopic (exact) mass is 354 g/mol. The lowest BCUT2D eigenvalue weighted by Crippen LogP contribution is -2.38. The minimum atomic E-state index is -1.37. The molecule has 0 aromatic heterocycles. The van der Waals surface area contributed by atoms with Crippen LogP contribution in [0.4, 0.5) is 5.69 Å². The highest BCUT2D eigenvalue weighted by Crippen LogP contribution is 2.31. The molecule has 2 aromatic carbocycles. The number of carbonyl (C=O) groups is 2. The maximum absolute atomic E-state index is 12.5. The number of hydrogen-bond acceptors (Lipinski definition) is 3. The molecule has 0 spiro atoms. The molecule has 2 amide bonds. The third kappa shape index (κ3) is 3.35. The molecule has 1 heterocycles. The smallest absolute Gasteiger partial charge is 0.251 e. The van der Waals surface area contributed by atoms with Crippen molar-refractivity contribution >= 4 is 28.3 Å². The van der Waals surface area contributed by atoms with E-state index >= 15 is 0 Å². The van der Waals surface area contributed by atoms with Crippen LogP contribution in [0, 0.1) is 0 Å². The van der Waals surface area contributed by atoms with E-state index in [1.54, 1.807) is 23.1 Å². The molecule has 1 saturated carbocycles. The molecule has 0 bridgehead atoms. The topological polar surface area (TPSA) is 66.5 Å². The Balaban J connectivity index is 1.69. The highest BCUT2D eigenvalue weighted by molar-refractivity contribution is 7.86. The van der Waals surface area contributed by atoms with Crippen LogP contribution >= 0.6 is 0 Å². The number of nitrogens with zero attached hydrogens (tertiary/aromatic N) is 1. The predicted octanol–water partition coefficient (Wildman–Crippen LogP) is 2.23. The molecule has 1 aliphatic heterocycles. The van der Waals surface area contributed by atoms with E-state index in [9.17, 15) is 13.8 Å². The lowest BCUT2D eigenvalue weighted by Gasteiger charge is -2.29. The van der Waals surface area contributed by atoms with Gasteiger partial charge in [0.2, 0.25) is 5.91 Å². The molecule has 1 fully saturated rings. The summed E-state index contributed by atoms with van der Waals surface area (Å²) in [7, 11) is -1.37. The van der Waals surface area contributed by atoms with Crippen molar-refractivity contribution < 1.29 is 13.8 Å². The van der Waals surface area contributed by atoms with Crippen molar-refractivity contribution in [3.8, 4) is 0 Å². The summed E-state index contributed by atoms with van der Waals surface area (Å²) in [5.41, 5.74) is 2.06. The standard InChI is InChI=1S/C19H18N2O3S/c22-18-12-25(24)17-9-6-14(19(23)20-15-7-8-15)10-16(17)21(18)11-13-4-2-1-3-5-13/h1-6,9-10,15H,7-8,11-12H2,(H,20,23)/t25-/m0/s1. The number of amides is 2. The van der Waals surface area contributed by atoms with Crippen LogP contribution in [0.1, 0.15) is 28.8 Å². The highest BCUT2D eigenvalue weighted by atomic mass is 32.2. The largest absolute Gasteiger partial charge is 0.349 e. The Hall–Kier alpha value is -2.47. The summed E-state index contributed by atoms with van der Waals surface area (Å²) in [6.45, 7) is 0.400. The number of hydrogen-bond donors (Lipinski definition) is 1. The van der Waals surface area contributed by atoms with Gasteiger partial charge in [0.1, 0.15) is 5.75 Å². The summed E-state index contributed by atoms with van der Waals surface area (Å²) < 4.78 is 12.3. The molecule has 0 unspecified atom stereocenters. The summed E-state index contributed by atoms with van der Waals surface area (Å²) in [6, 6.07) is 15.0. The summed E-state index contributed by atoms with van der Waals surface area (Å²) in [6.07, 6.45) is 2.03. The van der Waals surface area contributed by atoms with Gasteiger partial charge in [-0.15, -0.1) is 0 Å². The van der Waals surface area contributed by atoms with Crippen LogP contribution in [0.2, 0.25) is 0 Å². The zero-order valence-electron chi connectivity index (χ0n) is 13.6. The van der Waals surface area contributed by atoms with Crippen molar-refractivity contribution in [2.45, 2.75) is 30.3 Å². The van der Waals surface area contributed by atoms with Gasteiger partial charge in [0.05, 0.1) is 27.9 Å². The highest BCUT2D eigenvalue weighted by Gasteiger charge is 2.30. The van der Waals surface area contributed by atoms with E-state index in [4.69, 9.17) is 0 Å². The molecular formula is C19H18N2O3S. The Morgan fingerprint density at radius 1 is 1.16 bits per heavy atom. The molecule has 5 nitrogen and oxygen atoms in total. The second-order valence-corrected chi connectivity index (χ2v) is 7.81. The van der Waals surface area contributed by atoms with Gasteiger partial charge in [-0.05, 0) is 36.6 Å². The van der Waals surface area contributed by atoms with Gasteiger partial charge in [-0.3, -0.25) is 13.8 Å². The minimum Gasteiger partial charge on any atom is -0.349 e. The predicted molar refractivity (Wildman–Crippen MR) is 95.8 cm³/mol. The van der Waals surface area contributed by atoms with Crippen LogP contribution in [0.25, 0.3) is 0 Å². The fraction of sp³-hybridized carbons (Fsp3) is 0.263. The molecule has 4 rings (SSSR count). The van der Waals surface area contributed by atoms with E-state index in [-0.39, 0.29) is 23.6 Å². The van der Waals surface area contributed by atoms with Gasteiger partial charge >= 0.3 is 0 Å². The van der Waals surface area contributed by atoms with E-state index < -0.39 is 10.8 Å². The lowest BCUT2D eigenvalue weighted by molar-refractivity contribution is -0.116. The molecule has 1 aliphatic carbocycles. The fourth-order valence-corrected chi connectivity index (χ4v) is 4.06. The Kier molecular flexibility index (Phi) is 4.13. The summed E-state index contributed by atoms with van der Waals surface area (Å²) >= 11 is 0. The van der Waals surface area contributed by atoms with Gasteiger partial charge in [-0.25, -0.2) is 0 Å². The average Bonchev–Trinajstić information content (AvgIpc) is 3.43. The third-order valence-corrected chi connectivity index (χ3v) is 5.75. The molecule has 25 heavy (non-hydrogen) atoms. The summed E-state index contributed by atoms with van der Waals surface area (Å²) in [4.78, 5) is 27.0. The second kappa shape index (κ2) is 6.44. The fourth-order valence-electron chi connectivity index (χ4n) is 2.90. The first-order valence-electron chi connectivity index (χ1n) is 8.29. The van der Waals surface area contributed by atoms with Crippen LogP contribution < -0.4 is 10.2 Å². The summed E-state index contributed by atoms with van der Waals surface area (Å²) in [5.74, 6) is -0.351. The van der Waals surface area contributed by atoms with Gasteiger partial charge in [0, 0.05) is 11.6 Å². The second-order valence-electron chi connectivity index (χ2n) is 6.39. The Labute approximate surface area is 148 Å². The SMILES string of the molecule is O=C(NC1CC1)c1ccc2c(c1)N(Cc1ccccc1)C(=O)C[S@@]2=O. The van der Waals surface area contributed by atoms with Crippen LogP contribution in [0.3, 0.4) is 0 Å². The van der Waals surface area contributed by atoms with Crippen LogP contribution in [0.15, 0.2) is 53.4 Å². The number of benzene rings is 2. The first-order valence-corrected chi connectivity index (χ1v) is 9.61. The van der Waals surface area contributed by atoms with Crippen LogP contribution in [-0.4, -0.2) is 27.8 Å². The molecule has 128 valence electrons. The Morgan fingerprint density at radius 2 is 1.92 bits per heavy atom. The van der Waals surface area contributed by atoms with Crippen molar-refractivity contribution in [3.63, 3.8) is 0 Å². The Bertz CT molecular complexity index is 862. The molecule has 0 saturated heterocycles. The first kappa shape index (κ1) is 16.0. The molecule has 2 aliphatic rings. The average molecular weight is 354 g/mol. The number of carbonyl (C=O) groups excluding carboxylic acids is 2.